The Balaban J connectivity index is 0.00000729. The van der Waals surface area contributed by atoms with Gasteiger partial charge in [0.2, 0.25) is 0 Å². The second-order valence-electron chi connectivity index (χ2n) is 6.67. The van der Waals surface area contributed by atoms with Gasteiger partial charge in [-0.25, -0.2) is 4.99 Å². The number of amides is 1. The van der Waals surface area contributed by atoms with Gasteiger partial charge in [0.15, 0.2) is 5.96 Å². The topological polar surface area (TPSA) is 69.2 Å². The van der Waals surface area contributed by atoms with Crippen LogP contribution in [0, 0.1) is 0 Å². The fourth-order valence-corrected chi connectivity index (χ4v) is 2.44. The second-order valence-corrected chi connectivity index (χ2v) is 6.67. The summed E-state index contributed by atoms with van der Waals surface area (Å²) in [6.45, 7) is 7.01. The molecule has 0 saturated carbocycles. The summed E-state index contributed by atoms with van der Waals surface area (Å²) in [6, 6.07) is 7.61. The molecule has 2 N–H and O–H groups in total. The average molecular weight is 505 g/mol. The Bertz CT molecular complexity index is 578. The van der Waals surface area contributed by atoms with Gasteiger partial charge < -0.3 is 25.2 Å². The number of carbonyl (C=O) groups is 1. The van der Waals surface area contributed by atoms with E-state index in [1.54, 1.807) is 26.1 Å². The molecule has 8 heteroatoms. The Morgan fingerprint density at radius 1 is 1.11 bits per heavy atom. The van der Waals surface area contributed by atoms with E-state index in [1.807, 2.05) is 24.3 Å². The molecule has 0 aliphatic rings. The van der Waals surface area contributed by atoms with Crippen LogP contribution in [0.1, 0.15) is 29.3 Å². The van der Waals surface area contributed by atoms with Gasteiger partial charge in [-0.2, -0.15) is 0 Å². The summed E-state index contributed by atoms with van der Waals surface area (Å²) < 4.78 is 5.09. The minimum Gasteiger partial charge on any atom is -0.383 e. The number of rotatable bonds is 11. The molecule has 0 aliphatic heterocycles. The van der Waals surface area contributed by atoms with Crippen molar-refractivity contribution in [3.63, 3.8) is 0 Å². The lowest BCUT2D eigenvalue weighted by Gasteiger charge is -2.17. The van der Waals surface area contributed by atoms with Crippen LogP contribution in [-0.2, 0) is 11.3 Å². The molecule has 1 aromatic carbocycles. The molecule has 0 atom stereocenters. The van der Waals surface area contributed by atoms with E-state index >= 15 is 0 Å². The van der Waals surface area contributed by atoms with Crippen LogP contribution in [-0.4, -0.2) is 82.7 Å². The summed E-state index contributed by atoms with van der Waals surface area (Å²) in [5.74, 6) is 0.820. The molecule has 0 aromatic heterocycles. The summed E-state index contributed by atoms with van der Waals surface area (Å²) >= 11 is 0. The molecule has 0 radical (unpaired) electrons. The third-order valence-corrected chi connectivity index (χ3v) is 4.06. The molecule has 1 amide bonds. The third kappa shape index (κ3) is 10.8. The summed E-state index contributed by atoms with van der Waals surface area (Å²) in [5, 5.41) is 6.63. The first kappa shape index (κ1) is 26.6. The van der Waals surface area contributed by atoms with E-state index < -0.39 is 0 Å². The Kier molecular flexibility index (Phi) is 14.8. The first-order valence-electron chi connectivity index (χ1n) is 9.48. The molecular weight excluding hydrogens is 469 g/mol. The van der Waals surface area contributed by atoms with Crippen LogP contribution < -0.4 is 10.6 Å². The number of benzene rings is 1. The van der Waals surface area contributed by atoms with Gasteiger partial charge in [-0.15, -0.1) is 24.0 Å². The number of nitrogens with one attached hydrogen (secondary N) is 2. The standard InChI is InChI=1S/C20H35N5O2.HI/c1-6-21-20(22-12-7-13-25(4)14-15-27-5)23-16-17-8-10-18(11-9-17)19(26)24(2)3;/h8-11H,6-7,12-16H2,1-5H3,(H2,21,22,23);1H. The van der Waals surface area contributed by atoms with Gasteiger partial charge in [0.1, 0.15) is 0 Å². The molecular formula is C20H36IN5O2. The smallest absolute Gasteiger partial charge is 0.253 e. The number of hydrogen-bond donors (Lipinski definition) is 2. The molecule has 0 bridgehead atoms. The van der Waals surface area contributed by atoms with Crippen molar-refractivity contribution in [2.45, 2.75) is 19.9 Å². The van der Waals surface area contributed by atoms with Gasteiger partial charge in [-0.1, -0.05) is 12.1 Å². The molecule has 0 unspecified atom stereocenters. The van der Waals surface area contributed by atoms with Crippen molar-refractivity contribution in [1.29, 1.82) is 0 Å². The zero-order valence-corrected chi connectivity index (χ0v) is 20.2. The monoisotopic (exact) mass is 505 g/mol. The van der Waals surface area contributed by atoms with Crippen molar-refractivity contribution < 1.29 is 9.53 Å². The minimum atomic E-state index is 0. The van der Waals surface area contributed by atoms with Crippen molar-refractivity contribution in [3.8, 4) is 0 Å². The van der Waals surface area contributed by atoms with Gasteiger partial charge in [0.05, 0.1) is 13.2 Å². The van der Waals surface area contributed by atoms with E-state index in [4.69, 9.17) is 4.74 Å². The zero-order valence-electron chi connectivity index (χ0n) is 17.8. The van der Waals surface area contributed by atoms with Crippen LogP contribution in [0.15, 0.2) is 29.3 Å². The predicted octanol–water partition coefficient (Wildman–Crippen LogP) is 2.03. The largest absolute Gasteiger partial charge is 0.383 e. The first-order chi connectivity index (χ1) is 13.0. The summed E-state index contributed by atoms with van der Waals surface area (Å²) in [4.78, 5) is 20.4. The fourth-order valence-electron chi connectivity index (χ4n) is 2.44. The number of hydrogen-bond acceptors (Lipinski definition) is 4. The Hall–Kier alpha value is -1.39. The number of halogens is 1. The van der Waals surface area contributed by atoms with Gasteiger partial charge in [0.25, 0.3) is 5.91 Å². The van der Waals surface area contributed by atoms with E-state index in [2.05, 4.69) is 34.5 Å². The summed E-state index contributed by atoms with van der Waals surface area (Å²) in [6.07, 6.45) is 1.03. The number of nitrogens with zero attached hydrogens (tertiary/aromatic N) is 3. The highest BCUT2D eigenvalue weighted by molar-refractivity contribution is 14.0. The molecule has 0 fully saturated rings. The highest BCUT2D eigenvalue weighted by Crippen LogP contribution is 2.07. The van der Waals surface area contributed by atoms with Gasteiger partial charge in [0, 0.05) is 46.4 Å². The van der Waals surface area contributed by atoms with E-state index in [0.717, 1.165) is 50.7 Å². The number of methoxy groups -OCH3 is 1. The van der Waals surface area contributed by atoms with Crippen LogP contribution in [0.2, 0.25) is 0 Å². The van der Waals surface area contributed by atoms with E-state index in [9.17, 15) is 4.79 Å². The SMILES string of the molecule is CCNC(=NCc1ccc(C(=O)N(C)C)cc1)NCCCN(C)CCOC.I. The molecule has 1 rings (SSSR count). The molecule has 1 aromatic rings. The number of ether oxygens (including phenoxy) is 1. The minimum absolute atomic E-state index is 0. The number of aliphatic imine (C=N–C) groups is 1. The number of carbonyl (C=O) groups excluding carboxylic acids is 1. The highest BCUT2D eigenvalue weighted by Gasteiger charge is 2.07. The van der Waals surface area contributed by atoms with Crippen molar-refractivity contribution in [1.82, 2.24) is 20.4 Å². The van der Waals surface area contributed by atoms with Crippen molar-refractivity contribution in [3.05, 3.63) is 35.4 Å². The maximum Gasteiger partial charge on any atom is 0.253 e. The maximum absolute atomic E-state index is 11.9. The van der Waals surface area contributed by atoms with Gasteiger partial charge in [-0.3, -0.25) is 4.79 Å². The number of likely N-dealkylation sites (N-methyl/N-ethyl adjacent to an activating group) is 1. The van der Waals surface area contributed by atoms with E-state index in [1.165, 1.54) is 0 Å². The lowest BCUT2D eigenvalue weighted by Crippen LogP contribution is -2.38. The van der Waals surface area contributed by atoms with Crippen LogP contribution in [0.3, 0.4) is 0 Å². The van der Waals surface area contributed by atoms with Crippen molar-refractivity contribution >= 4 is 35.8 Å². The summed E-state index contributed by atoms with van der Waals surface area (Å²) in [7, 11) is 7.33. The normalized spacial score (nSPS) is 11.1. The molecule has 0 heterocycles. The molecule has 0 spiro atoms. The van der Waals surface area contributed by atoms with Crippen LogP contribution in [0.5, 0.6) is 0 Å². The average Bonchev–Trinajstić information content (AvgIpc) is 2.67. The van der Waals surface area contributed by atoms with Crippen LogP contribution >= 0.6 is 24.0 Å². The Morgan fingerprint density at radius 2 is 1.79 bits per heavy atom. The molecule has 28 heavy (non-hydrogen) atoms. The number of guanidine groups is 1. The molecule has 0 aliphatic carbocycles. The quantitative estimate of drug-likeness (QED) is 0.209. The maximum atomic E-state index is 11.9. The second kappa shape index (κ2) is 15.5. The van der Waals surface area contributed by atoms with E-state index in [0.29, 0.717) is 12.1 Å². The van der Waals surface area contributed by atoms with Crippen LogP contribution in [0.4, 0.5) is 0 Å². The molecule has 7 nitrogen and oxygen atoms in total. The zero-order chi connectivity index (χ0) is 20.1. The predicted molar refractivity (Wildman–Crippen MR) is 127 cm³/mol. The molecule has 0 saturated heterocycles. The first-order valence-corrected chi connectivity index (χ1v) is 9.48. The lowest BCUT2D eigenvalue weighted by molar-refractivity contribution is 0.0827. The molecule has 160 valence electrons. The Labute approximate surface area is 186 Å². The third-order valence-electron chi connectivity index (χ3n) is 4.06. The lowest BCUT2D eigenvalue weighted by atomic mass is 10.1. The van der Waals surface area contributed by atoms with Gasteiger partial charge >= 0.3 is 0 Å². The fraction of sp³-hybridized carbons (Fsp3) is 0.600. The van der Waals surface area contributed by atoms with E-state index in [-0.39, 0.29) is 29.9 Å². The van der Waals surface area contributed by atoms with Crippen LogP contribution in [0.25, 0.3) is 0 Å². The van der Waals surface area contributed by atoms with Crippen molar-refractivity contribution in [2.75, 3.05) is 61.0 Å². The Morgan fingerprint density at radius 3 is 2.36 bits per heavy atom. The summed E-state index contributed by atoms with van der Waals surface area (Å²) in [5.41, 5.74) is 1.76. The highest BCUT2D eigenvalue weighted by atomic mass is 127. The van der Waals surface area contributed by atoms with Gasteiger partial charge in [-0.05, 0) is 44.6 Å². The van der Waals surface area contributed by atoms with Crippen molar-refractivity contribution in [2.24, 2.45) is 4.99 Å².